The molecule has 0 aliphatic rings. The number of pyridine rings is 1. The van der Waals surface area contributed by atoms with E-state index in [1.54, 1.807) is 0 Å². The number of hydrogen-bond donors (Lipinski definition) is 0. The Hall–Kier alpha value is -1.15. The van der Waals surface area contributed by atoms with Crippen LogP contribution in [0.5, 0.6) is 0 Å². The molecule has 2 rings (SSSR count). The van der Waals surface area contributed by atoms with Crippen LogP contribution in [0, 0.1) is 13.8 Å². The summed E-state index contributed by atoms with van der Waals surface area (Å²) in [5.74, 6) is 0. The lowest BCUT2D eigenvalue weighted by molar-refractivity contribution is -0.679. The zero-order valence-electron chi connectivity index (χ0n) is 9.45. The Morgan fingerprint density at radius 1 is 1.27 bits per heavy atom. The summed E-state index contributed by atoms with van der Waals surface area (Å²) >= 11 is 1.82. The molecule has 0 aliphatic carbocycles. The summed E-state index contributed by atoms with van der Waals surface area (Å²) in [5.41, 5.74) is 4.10. The summed E-state index contributed by atoms with van der Waals surface area (Å²) < 4.78 is 2.22. The Labute approximate surface area is 95.0 Å². The highest BCUT2D eigenvalue weighted by molar-refractivity contribution is 7.09. The molecule has 0 unspecified atom stereocenters. The molecule has 0 radical (unpaired) electrons. The Bertz CT molecular complexity index is 458. The van der Waals surface area contributed by atoms with Crippen molar-refractivity contribution in [3.63, 3.8) is 0 Å². The summed E-state index contributed by atoms with van der Waals surface area (Å²) in [4.78, 5) is 1.42. The van der Waals surface area contributed by atoms with Crippen LogP contribution in [0.1, 0.15) is 21.7 Å². The van der Waals surface area contributed by atoms with Crippen LogP contribution in [0.2, 0.25) is 0 Å². The lowest BCUT2D eigenvalue weighted by Crippen LogP contribution is -2.34. The maximum Gasteiger partial charge on any atom is 0.186 e. The van der Waals surface area contributed by atoms with E-state index in [9.17, 15) is 0 Å². The first-order chi connectivity index (χ1) is 7.16. The molecule has 0 bridgehead atoms. The van der Waals surface area contributed by atoms with Crippen LogP contribution in [0.25, 0.3) is 0 Å². The van der Waals surface area contributed by atoms with Gasteiger partial charge in [0.15, 0.2) is 11.9 Å². The molecule has 2 aromatic rings. The molecule has 78 valence electrons. The molecule has 0 fully saturated rings. The van der Waals surface area contributed by atoms with Gasteiger partial charge >= 0.3 is 0 Å². The quantitative estimate of drug-likeness (QED) is 0.682. The monoisotopic (exact) mass is 218 g/mol. The van der Waals surface area contributed by atoms with Crippen molar-refractivity contribution in [2.45, 2.75) is 20.3 Å². The van der Waals surface area contributed by atoms with Crippen LogP contribution in [-0.4, -0.2) is 0 Å². The summed E-state index contributed by atoms with van der Waals surface area (Å²) in [5, 5.41) is 2.14. The molecule has 0 aliphatic heterocycles. The van der Waals surface area contributed by atoms with E-state index >= 15 is 0 Å². The van der Waals surface area contributed by atoms with E-state index in [4.69, 9.17) is 0 Å². The van der Waals surface area contributed by atoms with Gasteiger partial charge in [0.25, 0.3) is 0 Å². The third-order valence-electron chi connectivity index (χ3n) is 2.78. The van der Waals surface area contributed by atoms with Gasteiger partial charge in [-0.2, -0.15) is 0 Å². The fraction of sp³-hybridized carbons (Fsp3) is 0.308. The second-order valence-electron chi connectivity index (χ2n) is 4.00. The van der Waals surface area contributed by atoms with Crippen molar-refractivity contribution in [1.29, 1.82) is 0 Å². The minimum absolute atomic E-state index is 1.04. The highest BCUT2D eigenvalue weighted by Gasteiger charge is 2.10. The molecule has 0 spiro atoms. The highest BCUT2D eigenvalue weighted by atomic mass is 32.1. The van der Waals surface area contributed by atoms with Crippen LogP contribution < -0.4 is 4.57 Å². The van der Waals surface area contributed by atoms with Crippen molar-refractivity contribution in [2.24, 2.45) is 7.05 Å². The maximum absolute atomic E-state index is 2.29. The van der Waals surface area contributed by atoms with Gasteiger partial charge in [-0.15, -0.1) is 11.3 Å². The molecule has 15 heavy (non-hydrogen) atoms. The van der Waals surface area contributed by atoms with Crippen LogP contribution in [0.4, 0.5) is 0 Å². The number of aryl methyl sites for hydroxylation is 3. The van der Waals surface area contributed by atoms with E-state index in [0.29, 0.717) is 0 Å². The molecule has 0 saturated carbocycles. The zero-order valence-corrected chi connectivity index (χ0v) is 10.3. The number of nitrogens with zero attached hydrogens (tertiary/aromatic N) is 1. The minimum atomic E-state index is 1.04. The minimum Gasteiger partial charge on any atom is -0.205 e. The normalized spacial score (nSPS) is 10.6. The van der Waals surface area contributed by atoms with Gasteiger partial charge in [0.1, 0.15) is 7.05 Å². The lowest BCUT2D eigenvalue weighted by atomic mass is 10.1. The molecule has 2 aromatic heterocycles. The molecule has 0 aromatic carbocycles. The zero-order chi connectivity index (χ0) is 10.8. The van der Waals surface area contributed by atoms with E-state index < -0.39 is 0 Å². The average molecular weight is 218 g/mol. The molecule has 2 heterocycles. The SMILES string of the molecule is Cc1cc(Cc2cccs2)[n+](C)cc1C. The second kappa shape index (κ2) is 4.15. The maximum atomic E-state index is 2.29. The Balaban J connectivity index is 2.33. The second-order valence-corrected chi connectivity index (χ2v) is 5.03. The van der Waals surface area contributed by atoms with Crippen molar-refractivity contribution in [3.8, 4) is 0 Å². The van der Waals surface area contributed by atoms with Crippen LogP contribution >= 0.6 is 11.3 Å². The average Bonchev–Trinajstić information content (AvgIpc) is 2.67. The van der Waals surface area contributed by atoms with Crippen molar-refractivity contribution in [2.75, 3.05) is 0 Å². The van der Waals surface area contributed by atoms with Crippen LogP contribution in [0.15, 0.2) is 29.8 Å². The predicted molar refractivity (Wildman–Crippen MR) is 64.2 cm³/mol. The van der Waals surface area contributed by atoms with Gasteiger partial charge in [-0.25, -0.2) is 4.57 Å². The van der Waals surface area contributed by atoms with Gasteiger partial charge in [-0.3, -0.25) is 0 Å². The first-order valence-corrected chi connectivity index (χ1v) is 6.03. The summed E-state index contributed by atoms with van der Waals surface area (Å²) in [6.07, 6.45) is 3.24. The molecule has 0 N–H and O–H groups in total. The van der Waals surface area contributed by atoms with E-state index in [0.717, 1.165) is 6.42 Å². The molecular formula is C13H16NS+. The summed E-state index contributed by atoms with van der Waals surface area (Å²) in [6.45, 7) is 4.33. The van der Waals surface area contributed by atoms with Crippen molar-refractivity contribution in [1.82, 2.24) is 0 Å². The molecule has 0 atom stereocenters. The first kappa shape index (κ1) is 10.4. The fourth-order valence-electron chi connectivity index (χ4n) is 1.71. The van der Waals surface area contributed by atoms with Gasteiger partial charge in [0, 0.05) is 16.5 Å². The van der Waals surface area contributed by atoms with E-state index in [1.807, 2.05) is 11.3 Å². The molecule has 0 amide bonds. The standard InChI is InChI=1S/C13H16NS/c1-10-7-12(14(3)9-11(10)2)8-13-5-4-6-15-13/h4-7,9H,8H2,1-3H3/q+1. The molecule has 0 saturated heterocycles. The molecule has 2 heteroatoms. The Morgan fingerprint density at radius 3 is 2.73 bits per heavy atom. The van der Waals surface area contributed by atoms with Gasteiger partial charge in [-0.1, -0.05) is 6.07 Å². The fourth-order valence-corrected chi connectivity index (χ4v) is 2.43. The smallest absolute Gasteiger partial charge is 0.186 e. The van der Waals surface area contributed by atoms with E-state index in [1.165, 1.54) is 21.7 Å². The molecule has 1 nitrogen and oxygen atoms in total. The van der Waals surface area contributed by atoms with E-state index in [-0.39, 0.29) is 0 Å². The van der Waals surface area contributed by atoms with Gasteiger partial charge in [-0.05, 0) is 30.9 Å². The van der Waals surface area contributed by atoms with Gasteiger partial charge in [0.05, 0.1) is 6.42 Å². The number of aromatic nitrogens is 1. The largest absolute Gasteiger partial charge is 0.205 e. The van der Waals surface area contributed by atoms with Crippen LogP contribution in [-0.2, 0) is 13.5 Å². The van der Waals surface area contributed by atoms with Crippen molar-refractivity contribution >= 4 is 11.3 Å². The third kappa shape index (κ3) is 2.26. The Kier molecular flexibility index (Phi) is 2.87. The number of rotatable bonds is 2. The predicted octanol–water partition coefficient (Wildman–Crippen LogP) is 2.78. The van der Waals surface area contributed by atoms with Crippen molar-refractivity contribution in [3.05, 3.63) is 51.5 Å². The Morgan fingerprint density at radius 2 is 2.07 bits per heavy atom. The topological polar surface area (TPSA) is 3.88 Å². The van der Waals surface area contributed by atoms with Crippen LogP contribution in [0.3, 0.4) is 0 Å². The lowest BCUT2D eigenvalue weighted by Gasteiger charge is -2.02. The summed E-state index contributed by atoms with van der Waals surface area (Å²) in [7, 11) is 2.12. The highest BCUT2D eigenvalue weighted by Crippen LogP contribution is 2.14. The number of hydrogen-bond acceptors (Lipinski definition) is 1. The number of thiophene rings is 1. The third-order valence-corrected chi connectivity index (χ3v) is 3.66. The molecular weight excluding hydrogens is 202 g/mol. The van der Waals surface area contributed by atoms with Gasteiger partial charge in [0.2, 0.25) is 0 Å². The van der Waals surface area contributed by atoms with E-state index in [2.05, 4.69) is 55.2 Å². The first-order valence-electron chi connectivity index (χ1n) is 5.15. The van der Waals surface area contributed by atoms with Crippen molar-refractivity contribution < 1.29 is 4.57 Å². The summed E-state index contributed by atoms with van der Waals surface area (Å²) in [6, 6.07) is 6.59. The van der Waals surface area contributed by atoms with Gasteiger partial charge < -0.3 is 0 Å².